The molecule has 24 heavy (non-hydrogen) atoms. The molecule has 0 spiro atoms. The van der Waals surface area contributed by atoms with Crippen LogP contribution in [0, 0.1) is 17.8 Å². The summed E-state index contributed by atoms with van der Waals surface area (Å²) in [6.45, 7) is 18.2. The summed E-state index contributed by atoms with van der Waals surface area (Å²) in [5, 5.41) is 0. The molecule has 0 heterocycles. The number of benzene rings is 1. The highest BCUT2D eigenvalue weighted by Gasteiger charge is 2.18. The van der Waals surface area contributed by atoms with Gasteiger partial charge in [-0.3, -0.25) is 0 Å². The van der Waals surface area contributed by atoms with E-state index in [9.17, 15) is 0 Å². The fraction of sp³-hybridized carbons (Fsp3) is 0.667. The molecule has 0 aliphatic heterocycles. The highest BCUT2D eigenvalue weighted by Crippen LogP contribution is 2.31. The summed E-state index contributed by atoms with van der Waals surface area (Å²) in [6.07, 6.45) is 6.58. The van der Waals surface area contributed by atoms with Gasteiger partial charge in [-0.25, -0.2) is 0 Å². The highest BCUT2D eigenvalue weighted by molar-refractivity contribution is 5.26. The molecule has 136 valence electrons. The number of hydrogen-bond acceptors (Lipinski definition) is 0. The lowest BCUT2D eigenvalue weighted by Crippen LogP contribution is -2.13. The molecule has 1 atom stereocenters. The van der Waals surface area contributed by atoms with Gasteiger partial charge >= 0.3 is 0 Å². The van der Waals surface area contributed by atoms with Crippen LogP contribution in [0.25, 0.3) is 0 Å². The summed E-state index contributed by atoms with van der Waals surface area (Å²) in [5.41, 5.74) is 4.55. The number of rotatable bonds is 4. The molecule has 0 radical (unpaired) electrons. The van der Waals surface area contributed by atoms with Crippen molar-refractivity contribution in [1.82, 2.24) is 0 Å². The first kappa shape index (κ1) is 21.0. The minimum Gasteiger partial charge on any atom is -0.0848 e. The third-order valence-electron chi connectivity index (χ3n) is 5.44. The molecule has 1 unspecified atom stereocenters. The van der Waals surface area contributed by atoms with E-state index in [2.05, 4.69) is 85.7 Å². The quantitative estimate of drug-likeness (QED) is 0.492. The summed E-state index contributed by atoms with van der Waals surface area (Å²) in [5.74, 6) is 3.89. The van der Waals surface area contributed by atoms with E-state index in [0.717, 1.165) is 17.8 Å². The molecule has 2 rings (SSSR count). The van der Waals surface area contributed by atoms with Gasteiger partial charge in [-0.2, -0.15) is 0 Å². The van der Waals surface area contributed by atoms with Crippen LogP contribution in [-0.4, -0.2) is 0 Å². The smallest absolute Gasteiger partial charge is 0.0219 e. The van der Waals surface area contributed by atoms with Gasteiger partial charge in [0, 0.05) is 0 Å². The number of allylic oxidation sites excluding steroid dienone is 2. The maximum absolute atomic E-state index is 2.48. The monoisotopic (exact) mass is 328 g/mol. The van der Waals surface area contributed by atoms with Gasteiger partial charge in [0.25, 0.3) is 0 Å². The zero-order valence-corrected chi connectivity index (χ0v) is 17.4. The Kier molecular flexibility index (Phi) is 8.81. The molecule has 0 N–H and O–H groups in total. The predicted molar refractivity (Wildman–Crippen MR) is 110 cm³/mol. The van der Waals surface area contributed by atoms with Gasteiger partial charge in [0.1, 0.15) is 0 Å². The average molecular weight is 329 g/mol. The standard InChI is InChI=1S/C12H22.C12H18/c2*1-9(2)11-5-7-12(8-6-11)10(3)4/h5,9-10,12H,6-8H2,1-4H3;5-10H,1-4H3. The molecule has 0 saturated heterocycles. The van der Waals surface area contributed by atoms with E-state index in [1.807, 2.05) is 0 Å². The Labute approximate surface area is 151 Å². The molecule has 0 heteroatoms. The van der Waals surface area contributed by atoms with Crippen molar-refractivity contribution in [3.8, 4) is 0 Å². The summed E-state index contributed by atoms with van der Waals surface area (Å²) in [7, 11) is 0. The summed E-state index contributed by atoms with van der Waals surface area (Å²) < 4.78 is 0. The fourth-order valence-corrected chi connectivity index (χ4v) is 3.27. The second-order valence-electron chi connectivity index (χ2n) is 8.69. The van der Waals surface area contributed by atoms with Crippen LogP contribution in [0.5, 0.6) is 0 Å². The molecule has 0 amide bonds. The van der Waals surface area contributed by atoms with Gasteiger partial charge in [-0.15, -0.1) is 0 Å². The Morgan fingerprint density at radius 2 is 1.17 bits per heavy atom. The first-order valence-corrected chi connectivity index (χ1v) is 10.0. The molecule has 1 aliphatic rings. The van der Waals surface area contributed by atoms with Gasteiger partial charge in [0.2, 0.25) is 0 Å². The minimum absolute atomic E-state index is 0.645. The van der Waals surface area contributed by atoms with E-state index >= 15 is 0 Å². The van der Waals surface area contributed by atoms with Crippen LogP contribution in [-0.2, 0) is 0 Å². The molecule has 0 saturated carbocycles. The Morgan fingerprint density at radius 1 is 0.708 bits per heavy atom. The highest BCUT2D eigenvalue weighted by atomic mass is 14.2. The molecular formula is C24H40. The lowest BCUT2D eigenvalue weighted by molar-refractivity contribution is 0.344. The summed E-state index contributed by atoms with van der Waals surface area (Å²) >= 11 is 0. The zero-order valence-electron chi connectivity index (χ0n) is 17.4. The maximum Gasteiger partial charge on any atom is -0.0219 e. The topological polar surface area (TPSA) is 0 Å². The summed E-state index contributed by atoms with van der Waals surface area (Å²) in [6, 6.07) is 8.94. The maximum atomic E-state index is 2.48. The van der Waals surface area contributed by atoms with Crippen molar-refractivity contribution in [2.24, 2.45) is 17.8 Å². The molecular weight excluding hydrogens is 288 g/mol. The van der Waals surface area contributed by atoms with Crippen molar-refractivity contribution in [2.45, 2.75) is 86.5 Å². The molecule has 0 bridgehead atoms. The van der Waals surface area contributed by atoms with Crippen molar-refractivity contribution in [3.05, 3.63) is 47.0 Å². The summed E-state index contributed by atoms with van der Waals surface area (Å²) in [4.78, 5) is 0. The minimum atomic E-state index is 0.645. The lowest BCUT2D eigenvalue weighted by Gasteiger charge is -2.26. The predicted octanol–water partition coefficient (Wildman–Crippen LogP) is 7.96. The Bertz CT molecular complexity index is 458. The first-order chi connectivity index (χ1) is 11.2. The van der Waals surface area contributed by atoms with E-state index in [1.165, 1.54) is 30.4 Å². The molecule has 0 aromatic heterocycles. The van der Waals surface area contributed by atoms with Crippen molar-refractivity contribution < 1.29 is 0 Å². The average Bonchev–Trinajstić information content (AvgIpc) is 2.55. The fourth-order valence-electron chi connectivity index (χ4n) is 3.27. The van der Waals surface area contributed by atoms with Crippen LogP contribution in [0.2, 0.25) is 0 Å². The van der Waals surface area contributed by atoms with Crippen LogP contribution in [0.4, 0.5) is 0 Å². The van der Waals surface area contributed by atoms with Crippen molar-refractivity contribution in [2.75, 3.05) is 0 Å². The first-order valence-electron chi connectivity index (χ1n) is 10.0. The van der Waals surface area contributed by atoms with E-state index < -0.39 is 0 Å². The Hall–Kier alpha value is -1.04. The van der Waals surface area contributed by atoms with E-state index in [4.69, 9.17) is 0 Å². The van der Waals surface area contributed by atoms with Crippen LogP contribution in [0.15, 0.2) is 35.9 Å². The van der Waals surface area contributed by atoms with Crippen molar-refractivity contribution in [1.29, 1.82) is 0 Å². The van der Waals surface area contributed by atoms with E-state index in [0.29, 0.717) is 11.8 Å². The lowest BCUT2D eigenvalue weighted by atomic mass is 9.80. The second kappa shape index (κ2) is 10.1. The molecule has 1 aromatic carbocycles. The largest absolute Gasteiger partial charge is 0.0848 e. The third kappa shape index (κ3) is 6.83. The number of hydrogen-bond donors (Lipinski definition) is 0. The van der Waals surface area contributed by atoms with Gasteiger partial charge in [-0.1, -0.05) is 91.3 Å². The van der Waals surface area contributed by atoms with Gasteiger partial charge < -0.3 is 0 Å². The van der Waals surface area contributed by atoms with Crippen molar-refractivity contribution in [3.63, 3.8) is 0 Å². The van der Waals surface area contributed by atoms with Gasteiger partial charge in [0.15, 0.2) is 0 Å². The van der Waals surface area contributed by atoms with Crippen LogP contribution < -0.4 is 0 Å². The molecule has 1 aromatic rings. The van der Waals surface area contributed by atoms with Crippen LogP contribution in [0.1, 0.15) is 97.6 Å². The van der Waals surface area contributed by atoms with Gasteiger partial charge in [-0.05, 0) is 60.0 Å². The molecule has 0 fully saturated rings. The molecule has 0 nitrogen and oxygen atoms in total. The van der Waals surface area contributed by atoms with Crippen molar-refractivity contribution >= 4 is 0 Å². The SMILES string of the molecule is CC(C)C1=CCC(C(C)C)CC1.CC(C)c1ccc(C(C)C)cc1. The third-order valence-corrected chi connectivity index (χ3v) is 5.44. The molecule has 1 aliphatic carbocycles. The second-order valence-corrected chi connectivity index (χ2v) is 8.69. The zero-order chi connectivity index (χ0) is 18.3. The van der Waals surface area contributed by atoms with Crippen LogP contribution >= 0.6 is 0 Å². The van der Waals surface area contributed by atoms with E-state index in [1.54, 1.807) is 5.57 Å². The Balaban J connectivity index is 0.000000240. The normalized spacial score (nSPS) is 18.0. The Morgan fingerprint density at radius 3 is 1.42 bits per heavy atom. The van der Waals surface area contributed by atoms with E-state index in [-0.39, 0.29) is 0 Å². The van der Waals surface area contributed by atoms with Gasteiger partial charge in [0.05, 0.1) is 0 Å². The van der Waals surface area contributed by atoms with Crippen LogP contribution in [0.3, 0.4) is 0 Å².